The van der Waals surface area contributed by atoms with Crippen LogP contribution in [-0.4, -0.2) is 37.2 Å². The highest BCUT2D eigenvalue weighted by Crippen LogP contribution is 2.32. The molecule has 1 atom stereocenters. The molecule has 17 heavy (non-hydrogen) atoms. The second-order valence-corrected chi connectivity index (χ2v) is 4.53. The van der Waals surface area contributed by atoms with Crippen LogP contribution in [0.3, 0.4) is 0 Å². The molecule has 1 unspecified atom stereocenters. The zero-order valence-electron chi connectivity index (χ0n) is 10.3. The summed E-state index contributed by atoms with van der Waals surface area (Å²) in [5.74, 6) is -0.398. The number of halogens is 1. The minimum Gasteiger partial charge on any atom is -0.495 e. The maximum absolute atomic E-state index is 11.4. The topological polar surface area (TPSA) is 49.8 Å². The van der Waals surface area contributed by atoms with E-state index in [1.807, 2.05) is 0 Å². The molecule has 0 saturated carbocycles. The number of carbonyl (C=O) groups is 1. The third-order valence-corrected chi connectivity index (χ3v) is 3.32. The van der Waals surface area contributed by atoms with Gasteiger partial charge < -0.3 is 9.84 Å². The molecule has 0 aliphatic heterocycles. The third-order valence-electron chi connectivity index (χ3n) is 3.02. The second-order valence-electron chi connectivity index (χ2n) is 4.12. The Morgan fingerprint density at radius 1 is 1.47 bits per heavy atom. The van der Waals surface area contributed by atoms with Crippen molar-refractivity contribution < 1.29 is 14.6 Å². The fraction of sp³-hybridized carbons (Fsp3) is 0.417. The molecule has 0 aliphatic carbocycles. The first-order chi connectivity index (χ1) is 7.83. The fourth-order valence-electron chi connectivity index (χ4n) is 1.54. The molecular weight excluding hydrogens is 242 g/mol. The number of methoxy groups -OCH3 is 1. The minimum atomic E-state index is -1.12. The van der Waals surface area contributed by atoms with Crippen LogP contribution in [-0.2, 0) is 10.3 Å². The van der Waals surface area contributed by atoms with E-state index in [1.165, 1.54) is 7.11 Å². The molecule has 0 heterocycles. The molecule has 0 spiro atoms. The van der Waals surface area contributed by atoms with Gasteiger partial charge in [-0.1, -0.05) is 17.7 Å². The van der Waals surface area contributed by atoms with Crippen molar-refractivity contribution in [3.8, 4) is 5.75 Å². The fourth-order valence-corrected chi connectivity index (χ4v) is 1.80. The SMILES string of the molecule is COc1ccc(C(C)(C(=O)O)N(C)C)cc1Cl. The van der Waals surface area contributed by atoms with E-state index in [4.69, 9.17) is 16.3 Å². The number of carboxylic acids is 1. The van der Waals surface area contributed by atoms with Gasteiger partial charge in [-0.15, -0.1) is 0 Å². The van der Waals surface area contributed by atoms with E-state index in [0.29, 0.717) is 16.3 Å². The molecule has 94 valence electrons. The van der Waals surface area contributed by atoms with Gasteiger partial charge in [0.25, 0.3) is 0 Å². The number of hydrogen-bond donors (Lipinski definition) is 1. The Labute approximate surface area is 106 Å². The smallest absolute Gasteiger partial charge is 0.328 e. The van der Waals surface area contributed by atoms with Crippen LogP contribution in [0.15, 0.2) is 18.2 Å². The average molecular weight is 258 g/mol. The zero-order valence-corrected chi connectivity index (χ0v) is 11.1. The zero-order chi connectivity index (χ0) is 13.2. The Hall–Kier alpha value is -1.26. The van der Waals surface area contributed by atoms with E-state index < -0.39 is 11.5 Å². The number of ether oxygens (including phenoxy) is 1. The number of rotatable bonds is 4. The van der Waals surface area contributed by atoms with E-state index >= 15 is 0 Å². The largest absolute Gasteiger partial charge is 0.495 e. The maximum Gasteiger partial charge on any atom is 0.328 e. The predicted octanol–water partition coefficient (Wildman–Crippen LogP) is 2.21. The Morgan fingerprint density at radius 3 is 2.41 bits per heavy atom. The molecule has 1 aromatic carbocycles. The van der Waals surface area contributed by atoms with Crippen LogP contribution in [0.25, 0.3) is 0 Å². The lowest BCUT2D eigenvalue weighted by Gasteiger charge is -2.32. The lowest BCUT2D eigenvalue weighted by atomic mass is 9.91. The molecule has 0 amide bonds. The summed E-state index contributed by atoms with van der Waals surface area (Å²) in [6, 6.07) is 5.00. The lowest BCUT2D eigenvalue weighted by Crippen LogP contribution is -2.45. The van der Waals surface area contributed by atoms with Gasteiger partial charge in [0, 0.05) is 0 Å². The van der Waals surface area contributed by atoms with Crippen LogP contribution in [0.2, 0.25) is 5.02 Å². The molecule has 0 bridgehead atoms. The quantitative estimate of drug-likeness (QED) is 0.899. The van der Waals surface area contributed by atoms with Gasteiger partial charge in [-0.2, -0.15) is 0 Å². The standard InChI is InChI=1S/C12H16ClNO3/c1-12(11(15)16,14(2)3)8-5-6-10(17-4)9(13)7-8/h5-7H,1-4H3,(H,15,16). The number of hydrogen-bond acceptors (Lipinski definition) is 3. The van der Waals surface area contributed by atoms with Gasteiger partial charge in [-0.25, -0.2) is 4.79 Å². The minimum absolute atomic E-state index is 0.402. The summed E-state index contributed by atoms with van der Waals surface area (Å²) in [5.41, 5.74) is -0.503. The Balaban J connectivity index is 3.31. The van der Waals surface area contributed by atoms with E-state index in [0.717, 1.165) is 0 Å². The number of benzene rings is 1. The first-order valence-corrected chi connectivity index (χ1v) is 5.46. The lowest BCUT2D eigenvalue weighted by molar-refractivity contribution is -0.149. The normalized spacial score (nSPS) is 14.5. The molecule has 5 heteroatoms. The van der Waals surface area contributed by atoms with Crippen LogP contribution >= 0.6 is 11.6 Å². The first kappa shape index (κ1) is 13.8. The molecule has 0 radical (unpaired) electrons. The third kappa shape index (κ3) is 2.37. The molecule has 0 aromatic heterocycles. The Bertz CT molecular complexity index is 434. The summed E-state index contributed by atoms with van der Waals surface area (Å²) < 4.78 is 5.04. The van der Waals surface area contributed by atoms with Gasteiger partial charge in [0.1, 0.15) is 11.3 Å². The average Bonchev–Trinajstić information content (AvgIpc) is 2.27. The highest BCUT2D eigenvalue weighted by molar-refractivity contribution is 6.32. The van der Waals surface area contributed by atoms with Gasteiger partial charge >= 0.3 is 5.97 Å². The highest BCUT2D eigenvalue weighted by atomic mass is 35.5. The van der Waals surface area contributed by atoms with Gasteiger partial charge in [0.05, 0.1) is 12.1 Å². The number of likely N-dealkylation sites (N-methyl/N-ethyl adjacent to an activating group) is 1. The van der Waals surface area contributed by atoms with Crippen molar-refractivity contribution in [2.75, 3.05) is 21.2 Å². The summed E-state index contributed by atoms with van der Waals surface area (Å²) in [6.45, 7) is 1.63. The Morgan fingerprint density at radius 2 is 2.06 bits per heavy atom. The van der Waals surface area contributed by atoms with Crippen molar-refractivity contribution in [2.45, 2.75) is 12.5 Å². The molecule has 0 saturated heterocycles. The van der Waals surface area contributed by atoms with Crippen LogP contribution < -0.4 is 4.74 Å². The van der Waals surface area contributed by atoms with Crippen molar-refractivity contribution in [1.29, 1.82) is 0 Å². The van der Waals surface area contributed by atoms with Crippen LogP contribution in [0, 0.1) is 0 Å². The van der Waals surface area contributed by atoms with E-state index in [1.54, 1.807) is 44.1 Å². The number of nitrogens with zero attached hydrogens (tertiary/aromatic N) is 1. The molecule has 0 aliphatic rings. The summed E-state index contributed by atoms with van der Waals surface area (Å²) in [4.78, 5) is 13.0. The predicted molar refractivity (Wildman–Crippen MR) is 66.7 cm³/mol. The van der Waals surface area contributed by atoms with E-state index in [9.17, 15) is 9.90 Å². The number of aliphatic carboxylic acids is 1. The monoisotopic (exact) mass is 257 g/mol. The highest BCUT2D eigenvalue weighted by Gasteiger charge is 2.37. The Kier molecular flexibility index (Phi) is 4.01. The van der Waals surface area contributed by atoms with Crippen molar-refractivity contribution in [2.24, 2.45) is 0 Å². The number of carboxylic acid groups (broad SMARTS) is 1. The summed E-state index contributed by atoms with van der Waals surface area (Å²) in [7, 11) is 4.95. The summed E-state index contributed by atoms with van der Waals surface area (Å²) in [6.07, 6.45) is 0. The summed E-state index contributed by atoms with van der Waals surface area (Å²) in [5, 5.41) is 9.76. The summed E-state index contributed by atoms with van der Waals surface area (Å²) >= 11 is 6.01. The van der Waals surface area contributed by atoms with Gasteiger partial charge in [0.2, 0.25) is 0 Å². The molecule has 1 rings (SSSR count). The van der Waals surface area contributed by atoms with Crippen LogP contribution in [0.1, 0.15) is 12.5 Å². The van der Waals surface area contributed by atoms with Gasteiger partial charge in [-0.3, -0.25) is 4.90 Å². The molecule has 4 nitrogen and oxygen atoms in total. The van der Waals surface area contributed by atoms with Gasteiger partial charge in [0.15, 0.2) is 0 Å². The van der Waals surface area contributed by atoms with E-state index in [-0.39, 0.29) is 0 Å². The molecule has 0 fully saturated rings. The second kappa shape index (κ2) is 4.94. The molecule has 1 N–H and O–H groups in total. The van der Waals surface area contributed by atoms with Crippen molar-refractivity contribution >= 4 is 17.6 Å². The van der Waals surface area contributed by atoms with Gasteiger partial charge in [-0.05, 0) is 38.7 Å². The van der Waals surface area contributed by atoms with E-state index in [2.05, 4.69) is 0 Å². The first-order valence-electron chi connectivity index (χ1n) is 5.09. The molecular formula is C12H16ClNO3. The van der Waals surface area contributed by atoms with Crippen molar-refractivity contribution in [1.82, 2.24) is 4.90 Å². The molecule has 1 aromatic rings. The van der Waals surface area contributed by atoms with Crippen molar-refractivity contribution in [3.63, 3.8) is 0 Å². The van der Waals surface area contributed by atoms with Crippen molar-refractivity contribution in [3.05, 3.63) is 28.8 Å². The maximum atomic E-state index is 11.4. The van der Waals surface area contributed by atoms with Crippen LogP contribution in [0.5, 0.6) is 5.75 Å². The van der Waals surface area contributed by atoms with Crippen LogP contribution in [0.4, 0.5) is 0 Å².